The molecule has 3 rings (SSSR count). The second kappa shape index (κ2) is 5.76. The molecule has 0 saturated heterocycles. The van der Waals surface area contributed by atoms with Crippen molar-refractivity contribution in [3.05, 3.63) is 58.8 Å². The molecule has 0 atom stereocenters. The highest BCUT2D eigenvalue weighted by Gasteiger charge is 2.15. The molecule has 0 unspecified atom stereocenters. The summed E-state index contributed by atoms with van der Waals surface area (Å²) in [4.78, 5) is 0. The van der Waals surface area contributed by atoms with Crippen molar-refractivity contribution >= 4 is 23.2 Å². The molecule has 0 amide bonds. The van der Waals surface area contributed by atoms with Gasteiger partial charge in [0, 0.05) is 5.56 Å². The molecule has 0 aliphatic heterocycles. The maximum Gasteiger partial charge on any atom is 0.229 e. The largest absolute Gasteiger partial charge is 0.495 e. The third kappa shape index (κ3) is 2.60. The molecular weight excluding hydrogens is 309 g/mol. The van der Waals surface area contributed by atoms with Gasteiger partial charge in [-0.05, 0) is 29.8 Å². The van der Waals surface area contributed by atoms with Gasteiger partial charge in [0.1, 0.15) is 5.75 Å². The summed E-state index contributed by atoms with van der Waals surface area (Å²) >= 11 is 12.3. The minimum atomic E-state index is 0.273. The van der Waals surface area contributed by atoms with Gasteiger partial charge in [-0.2, -0.15) is 0 Å². The molecule has 4 nitrogen and oxygen atoms in total. The maximum absolute atomic E-state index is 6.17. The maximum atomic E-state index is 6.17. The van der Waals surface area contributed by atoms with Crippen molar-refractivity contribution in [2.24, 2.45) is 0 Å². The second-order valence-electron chi connectivity index (χ2n) is 4.31. The third-order valence-corrected chi connectivity index (χ3v) is 3.59. The van der Waals surface area contributed by atoms with Crippen molar-refractivity contribution in [2.75, 3.05) is 7.11 Å². The summed E-state index contributed by atoms with van der Waals surface area (Å²) in [6, 6.07) is 15.1. The van der Waals surface area contributed by atoms with E-state index >= 15 is 0 Å². The van der Waals surface area contributed by atoms with Crippen LogP contribution in [0.25, 0.3) is 17.1 Å². The Morgan fingerprint density at radius 3 is 2.43 bits per heavy atom. The second-order valence-corrected chi connectivity index (χ2v) is 5.06. The first-order valence-electron chi connectivity index (χ1n) is 6.21. The number of methoxy groups -OCH3 is 1. The number of hydrogen-bond donors (Lipinski definition) is 0. The number of benzene rings is 2. The van der Waals surface area contributed by atoms with Crippen molar-refractivity contribution in [3.63, 3.8) is 0 Å². The minimum Gasteiger partial charge on any atom is -0.495 e. The molecular formula is C15H11Cl2N3O. The van der Waals surface area contributed by atoms with E-state index in [4.69, 9.17) is 27.9 Å². The van der Waals surface area contributed by atoms with Gasteiger partial charge in [-0.3, -0.25) is 4.57 Å². The summed E-state index contributed by atoms with van der Waals surface area (Å²) in [6.45, 7) is 0. The SMILES string of the molecule is COc1ccc(-n2c(Cl)nnc2-c2ccccc2)cc1Cl. The van der Waals surface area contributed by atoms with E-state index in [9.17, 15) is 0 Å². The van der Waals surface area contributed by atoms with E-state index in [-0.39, 0.29) is 5.28 Å². The summed E-state index contributed by atoms with van der Waals surface area (Å²) < 4.78 is 6.90. The average Bonchev–Trinajstić information content (AvgIpc) is 2.90. The number of halogens is 2. The van der Waals surface area contributed by atoms with Crippen LogP contribution in [0, 0.1) is 0 Å². The first kappa shape index (κ1) is 13.9. The van der Waals surface area contributed by atoms with Gasteiger partial charge in [0.15, 0.2) is 5.82 Å². The molecule has 0 fully saturated rings. The van der Waals surface area contributed by atoms with Crippen LogP contribution in [0.2, 0.25) is 10.3 Å². The Hall–Kier alpha value is -2.04. The van der Waals surface area contributed by atoms with Crippen LogP contribution in [0.15, 0.2) is 48.5 Å². The summed E-state index contributed by atoms with van der Waals surface area (Å²) in [6.07, 6.45) is 0. The highest BCUT2D eigenvalue weighted by Crippen LogP contribution is 2.30. The van der Waals surface area contributed by atoms with Crippen molar-refractivity contribution in [3.8, 4) is 22.8 Å². The Morgan fingerprint density at radius 2 is 1.76 bits per heavy atom. The number of nitrogens with zero attached hydrogens (tertiary/aromatic N) is 3. The zero-order valence-electron chi connectivity index (χ0n) is 11.1. The van der Waals surface area contributed by atoms with E-state index in [1.165, 1.54) is 0 Å². The van der Waals surface area contributed by atoms with Crippen LogP contribution in [0.1, 0.15) is 0 Å². The molecule has 0 N–H and O–H groups in total. The Labute approximate surface area is 131 Å². The quantitative estimate of drug-likeness (QED) is 0.724. The van der Waals surface area contributed by atoms with Crippen LogP contribution in [0.5, 0.6) is 5.75 Å². The van der Waals surface area contributed by atoms with Gasteiger partial charge in [0.05, 0.1) is 17.8 Å². The van der Waals surface area contributed by atoms with Crippen molar-refractivity contribution < 1.29 is 4.74 Å². The summed E-state index contributed by atoms with van der Waals surface area (Å²) in [5.41, 5.74) is 1.69. The van der Waals surface area contributed by atoms with Crippen LogP contribution in [0.4, 0.5) is 0 Å². The lowest BCUT2D eigenvalue weighted by Crippen LogP contribution is -1.98. The molecule has 0 radical (unpaired) electrons. The predicted molar refractivity (Wildman–Crippen MR) is 83.4 cm³/mol. The van der Waals surface area contributed by atoms with E-state index in [1.807, 2.05) is 36.4 Å². The van der Waals surface area contributed by atoms with Gasteiger partial charge >= 0.3 is 0 Å². The van der Waals surface area contributed by atoms with Crippen LogP contribution in [0.3, 0.4) is 0 Å². The standard InChI is InChI=1S/C15H11Cl2N3O/c1-21-13-8-7-11(9-12(13)16)20-14(18-19-15(20)17)10-5-3-2-4-6-10/h2-9H,1H3. The van der Waals surface area contributed by atoms with E-state index in [0.29, 0.717) is 16.6 Å². The first-order chi connectivity index (χ1) is 10.2. The van der Waals surface area contributed by atoms with Gasteiger partial charge in [0.2, 0.25) is 5.28 Å². The van der Waals surface area contributed by atoms with Crippen molar-refractivity contribution in [1.82, 2.24) is 14.8 Å². The number of ether oxygens (including phenoxy) is 1. The minimum absolute atomic E-state index is 0.273. The van der Waals surface area contributed by atoms with Gasteiger partial charge in [-0.15, -0.1) is 10.2 Å². The van der Waals surface area contributed by atoms with Crippen molar-refractivity contribution in [2.45, 2.75) is 0 Å². The summed E-state index contributed by atoms with van der Waals surface area (Å²) in [5, 5.41) is 8.86. The lowest BCUT2D eigenvalue weighted by molar-refractivity contribution is 0.415. The molecule has 0 aliphatic carbocycles. The zero-order valence-corrected chi connectivity index (χ0v) is 12.6. The van der Waals surface area contributed by atoms with Crippen molar-refractivity contribution in [1.29, 1.82) is 0 Å². The summed E-state index contributed by atoms with van der Waals surface area (Å²) in [7, 11) is 1.57. The van der Waals surface area contributed by atoms with Gasteiger partial charge in [0.25, 0.3) is 0 Å². The Balaban J connectivity index is 2.15. The normalized spacial score (nSPS) is 10.6. The fourth-order valence-corrected chi connectivity index (χ4v) is 2.53. The Bertz CT molecular complexity index is 772. The van der Waals surface area contributed by atoms with Crippen LogP contribution < -0.4 is 4.74 Å². The van der Waals surface area contributed by atoms with Crippen LogP contribution in [-0.4, -0.2) is 21.9 Å². The lowest BCUT2D eigenvalue weighted by atomic mass is 10.2. The van der Waals surface area contributed by atoms with Gasteiger partial charge in [-0.25, -0.2) is 0 Å². The van der Waals surface area contributed by atoms with Crippen LogP contribution in [-0.2, 0) is 0 Å². The van der Waals surface area contributed by atoms with Gasteiger partial charge in [-0.1, -0.05) is 41.9 Å². The van der Waals surface area contributed by atoms with E-state index in [0.717, 1.165) is 11.3 Å². The lowest BCUT2D eigenvalue weighted by Gasteiger charge is -2.10. The monoisotopic (exact) mass is 319 g/mol. The van der Waals surface area contributed by atoms with E-state index < -0.39 is 0 Å². The zero-order chi connectivity index (χ0) is 14.8. The molecule has 0 aliphatic rings. The predicted octanol–water partition coefficient (Wildman–Crippen LogP) is 4.25. The molecule has 0 saturated carbocycles. The molecule has 0 spiro atoms. The molecule has 1 heterocycles. The Kier molecular flexibility index (Phi) is 3.82. The summed E-state index contributed by atoms with van der Waals surface area (Å²) in [5.74, 6) is 1.26. The molecule has 1 aromatic heterocycles. The fraction of sp³-hybridized carbons (Fsp3) is 0.0667. The third-order valence-electron chi connectivity index (χ3n) is 3.05. The average molecular weight is 320 g/mol. The van der Waals surface area contributed by atoms with E-state index in [1.54, 1.807) is 23.8 Å². The van der Waals surface area contributed by atoms with Crippen LogP contribution >= 0.6 is 23.2 Å². The molecule has 2 aromatic carbocycles. The number of aromatic nitrogens is 3. The topological polar surface area (TPSA) is 39.9 Å². The molecule has 3 aromatic rings. The van der Waals surface area contributed by atoms with E-state index in [2.05, 4.69) is 10.2 Å². The number of rotatable bonds is 3. The highest BCUT2D eigenvalue weighted by atomic mass is 35.5. The Morgan fingerprint density at radius 1 is 1.00 bits per heavy atom. The first-order valence-corrected chi connectivity index (χ1v) is 6.96. The molecule has 106 valence electrons. The molecule has 0 bridgehead atoms. The highest BCUT2D eigenvalue weighted by molar-refractivity contribution is 6.32. The fourth-order valence-electron chi connectivity index (χ4n) is 2.06. The molecule has 6 heteroatoms. The number of hydrogen-bond acceptors (Lipinski definition) is 3. The van der Waals surface area contributed by atoms with Gasteiger partial charge < -0.3 is 4.74 Å². The molecule has 21 heavy (non-hydrogen) atoms. The smallest absolute Gasteiger partial charge is 0.229 e.